The molecular weight excluding hydrogens is 448 g/mol. The lowest BCUT2D eigenvalue weighted by atomic mass is 10.1. The van der Waals surface area contributed by atoms with E-state index < -0.39 is 0 Å². The highest BCUT2D eigenvalue weighted by Crippen LogP contribution is 2.29. The number of rotatable bonds is 8. The number of hydrogen-bond acceptors (Lipinski definition) is 10. The minimum absolute atomic E-state index is 0.0276. The molecule has 29 heavy (non-hydrogen) atoms. The topological polar surface area (TPSA) is 106 Å². The second kappa shape index (κ2) is 9.63. The van der Waals surface area contributed by atoms with E-state index in [4.69, 9.17) is 0 Å². The van der Waals surface area contributed by atoms with Crippen molar-refractivity contribution in [2.24, 2.45) is 0 Å². The van der Waals surface area contributed by atoms with Crippen LogP contribution in [0, 0.1) is 0 Å². The number of carbonyl (C=O) groups excluding carboxylic acids is 1. The van der Waals surface area contributed by atoms with Crippen molar-refractivity contribution in [3.63, 3.8) is 0 Å². The van der Waals surface area contributed by atoms with E-state index in [0.29, 0.717) is 16.2 Å². The third-order valence-electron chi connectivity index (χ3n) is 4.41. The Morgan fingerprint density at radius 3 is 2.93 bits per heavy atom. The third-order valence-corrected chi connectivity index (χ3v) is 8.33. The zero-order valence-electron chi connectivity index (χ0n) is 15.8. The van der Waals surface area contributed by atoms with E-state index in [1.54, 1.807) is 18.0 Å². The lowest BCUT2D eigenvalue weighted by molar-refractivity contribution is -0.116. The molecule has 3 aromatic rings. The minimum Gasteiger partial charge on any atom is -0.301 e. The van der Waals surface area contributed by atoms with Gasteiger partial charge in [-0.15, -0.1) is 10.2 Å². The molecule has 8 nitrogen and oxygen atoms in total. The summed E-state index contributed by atoms with van der Waals surface area (Å²) in [6.45, 7) is 2.05. The number of nitrogens with zero attached hydrogens (tertiary/aromatic N) is 5. The Labute approximate surface area is 184 Å². The van der Waals surface area contributed by atoms with Gasteiger partial charge in [0.15, 0.2) is 15.1 Å². The number of Topliss-reactive ketones (excluding diaryl/α,β-unsaturated/α-hetero) is 1. The summed E-state index contributed by atoms with van der Waals surface area (Å²) >= 11 is 6.26. The maximum absolute atomic E-state index is 12.4. The monoisotopic (exact) mass is 468 g/mol. The van der Waals surface area contributed by atoms with Crippen LogP contribution in [0.3, 0.4) is 0 Å². The van der Waals surface area contributed by atoms with Crippen LogP contribution in [0.25, 0.3) is 11.0 Å². The Morgan fingerprint density at radius 2 is 2.14 bits per heavy atom. The van der Waals surface area contributed by atoms with Crippen molar-refractivity contribution in [2.45, 2.75) is 41.7 Å². The maximum Gasteiger partial charge on any atom is 0.262 e. The Morgan fingerprint density at radius 1 is 1.31 bits per heavy atom. The van der Waals surface area contributed by atoms with Crippen molar-refractivity contribution in [1.82, 2.24) is 29.9 Å². The summed E-state index contributed by atoms with van der Waals surface area (Å²) in [6, 6.07) is 0.273. The zero-order valence-corrected chi connectivity index (χ0v) is 19.1. The standard InChI is InChI=1S/C17H20N6O2S4/c1-2-27-17-22-21-13(29-17)7-11(24)9-28-16-19-14-12(15(25)20-16)8-18-23(14)10-3-5-26-6-4-10/h8,10H,2-7,9H2,1H3,(H,19,20,25). The summed E-state index contributed by atoms with van der Waals surface area (Å²) in [5.74, 6) is 3.36. The van der Waals surface area contributed by atoms with Crippen LogP contribution in [-0.4, -0.2) is 58.7 Å². The molecule has 3 aromatic heterocycles. The van der Waals surface area contributed by atoms with Gasteiger partial charge in [-0.3, -0.25) is 9.59 Å². The van der Waals surface area contributed by atoms with E-state index in [0.717, 1.165) is 39.4 Å². The van der Waals surface area contributed by atoms with E-state index in [-0.39, 0.29) is 29.6 Å². The largest absolute Gasteiger partial charge is 0.301 e. The van der Waals surface area contributed by atoms with Crippen LogP contribution >= 0.6 is 46.6 Å². The summed E-state index contributed by atoms with van der Waals surface area (Å²) < 4.78 is 2.76. The van der Waals surface area contributed by atoms with Gasteiger partial charge in [-0.2, -0.15) is 16.9 Å². The minimum atomic E-state index is -0.216. The highest BCUT2D eigenvalue weighted by Gasteiger charge is 2.21. The van der Waals surface area contributed by atoms with Gasteiger partial charge in [0.2, 0.25) is 0 Å². The Bertz CT molecular complexity index is 1060. The van der Waals surface area contributed by atoms with Crippen molar-refractivity contribution in [3.8, 4) is 0 Å². The summed E-state index contributed by atoms with van der Waals surface area (Å²) in [6.07, 6.45) is 3.89. The lowest BCUT2D eigenvalue weighted by Gasteiger charge is -2.22. The van der Waals surface area contributed by atoms with Gasteiger partial charge in [0, 0.05) is 0 Å². The average Bonchev–Trinajstić information content (AvgIpc) is 3.34. The quantitative estimate of drug-likeness (QED) is 0.394. The first-order valence-corrected chi connectivity index (χ1v) is 13.2. The number of thioether (sulfide) groups is 3. The van der Waals surface area contributed by atoms with Crippen molar-refractivity contribution >= 4 is 63.4 Å². The van der Waals surface area contributed by atoms with Gasteiger partial charge < -0.3 is 4.98 Å². The number of nitrogens with one attached hydrogen (secondary N) is 1. The summed E-state index contributed by atoms with van der Waals surface area (Å²) in [5.41, 5.74) is 0.387. The number of hydrogen-bond donors (Lipinski definition) is 1. The van der Waals surface area contributed by atoms with Gasteiger partial charge in [-0.1, -0.05) is 41.8 Å². The van der Waals surface area contributed by atoms with E-state index >= 15 is 0 Å². The summed E-state index contributed by atoms with van der Waals surface area (Å²) in [4.78, 5) is 32.1. The number of H-pyrrole nitrogens is 1. The second-order valence-electron chi connectivity index (χ2n) is 6.44. The second-order valence-corrected chi connectivity index (χ2v) is 11.2. The van der Waals surface area contributed by atoms with Gasteiger partial charge in [-0.25, -0.2) is 9.67 Å². The summed E-state index contributed by atoms with van der Waals surface area (Å²) in [7, 11) is 0. The van der Waals surface area contributed by atoms with E-state index in [1.165, 1.54) is 23.1 Å². The third kappa shape index (κ3) is 5.04. The molecule has 0 radical (unpaired) electrons. The molecule has 1 aliphatic rings. The number of aromatic amines is 1. The molecule has 1 N–H and O–H groups in total. The highest BCUT2D eigenvalue weighted by atomic mass is 32.2. The first-order chi connectivity index (χ1) is 14.1. The fourth-order valence-electron chi connectivity index (χ4n) is 3.04. The molecule has 1 aliphatic heterocycles. The Hall–Kier alpha value is -1.37. The highest BCUT2D eigenvalue weighted by molar-refractivity contribution is 8.01. The first-order valence-electron chi connectivity index (χ1n) is 9.29. The smallest absolute Gasteiger partial charge is 0.262 e. The molecule has 154 valence electrons. The number of ketones is 1. The van der Waals surface area contributed by atoms with Crippen LogP contribution in [0.2, 0.25) is 0 Å². The fraction of sp³-hybridized carbons (Fsp3) is 0.529. The number of fused-ring (bicyclic) bond motifs is 1. The molecule has 4 heterocycles. The Kier molecular flexibility index (Phi) is 6.93. The van der Waals surface area contributed by atoms with Crippen LogP contribution in [0.15, 0.2) is 20.5 Å². The zero-order chi connectivity index (χ0) is 20.2. The molecule has 0 atom stereocenters. The normalized spacial score (nSPS) is 15.2. The molecular formula is C17H20N6O2S4. The van der Waals surface area contributed by atoms with Gasteiger partial charge in [0.25, 0.3) is 5.56 Å². The Balaban J connectivity index is 1.44. The van der Waals surface area contributed by atoms with Gasteiger partial charge in [0.1, 0.15) is 16.2 Å². The van der Waals surface area contributed by atoms with Crippen molar-refractivity contribution in [1.29, 1.82) is 0 Å². The molecule has 4 rings (SSSR count). The van der Waals surface area contributed by atoms with Crippen LogP contribution in [-0.2, 0) is 11.2 Å². The average molecular weight is 469 g/mol. The first kappa shape index (κ1) is 20.9. The molecule has 0 saturated carbocycles. The van der Waals surface area contributed by atoms with Crippen LogP contribution in [0.4, 0.5) is 0 Å². The molecule has 12 heteroatoms. The molecule has 0 unspecified atom stereocenters. The van der Waals surface area contributed by atoms with Crippen molar-refractivity contribution in [3.05, 3.63) is 21.6 Å². The van der Waals surface area contributed by atoms with E-state index in [2.05, 4.69) is 32.2 Å². The van der Waals surface area contributed by atoms with Crippen molar-refractivity contribution in [2.75, 3.05) is 23.0 Å². The van der Waals surface area contributed by atoms with Gasteiger partial charge >= 0.3 is 0 Å². The van der Waals surface area contributed by atoms with E-state index in [1.807, 2.05) is 16.4 Å². The van der Waals surface area contributed by atoms with Crippen LogP contribution in [0.1, 0.15) is 30.8 Å². The van der Waals surface area contributed by atoms with Gasteiger partial charge in [0.05, 0.1) is 24.4 Å². The number of aromatic nitrogens is 6. The fourth-order valence-corrected chi connectivity index (χ4v) is 6.66. The molecule has 1 fully saturated rings. The molecule has 0 bridgehead atoms. The van der Waals surface area contributed by atoms with Crippen LogP contribution in [0.5, 0.6) is 0 Å². The molecule has 0 aliphatic carbocycles. The molecule has 1 saturated heterocycles. The predicted molar refractivity (Wildman–Crippen MR) is 119 cm³/mol. The molecule has 0 aromatic carbocycles. The van der Waals surface area contributed by atoms with Gasteiger partial charge in [-0.05, 0) is 30.1 Å². The maximum atomic E-state index is 12.4. The van der Waals surface area contributed by atoms with Crippen LogP contribution < -0.4 is 5.56 Å². The van der Waals surface area contributed by atoms with E-state index in [9.17, 15) is 9.59 Å². The lowest BCUT2D eigenvalue weighted by Crippen LogP contribution is -2.18. The molecule has 0 spiro atoms. The number of carbonyl (C=O) groups is 1. The molecule has 0 amide bonds. The summed E-state index contributed by atoms with van der Waals surface area (Å²) in [5, 5.41) is 14.2. The van der Waals surface area contributed by atoms with Crippen molar-refractivity contribution < 1.29 is 4.79 Å². The SMILES string of the molecule is CCSc1nnc(CC(=O)CSc2nc3c(cnn3C3CCSCC3)c(=O)[nH]2)s1. The predicted octanol–water partition coefficient (Wildman–Crippen LogP) is 3.06.